The smallest absolute Gasteiger partial charge is 0.237 e. The van der Waals surface area contributed by atoms with E-state index >= 15 is 0 Å². The lowest BCUT2D eigenvalue weighted by atomic mass is 9.73. The average Bonchev–Trinajstić information content (AvgIpc) is 3.21. The number of para-hydroxylation sites is 1. The van der Waals surface area contributed by atoms with Gasteiger partial charge in [-0.15, -0.1) is 0 Å². The molecule has 1 saturated carbocycles. The molecule has 0 radical (unpaired) electrons. The summed E-state index contributed by atoms with van der Waals surface area (Å²) in [5.41, 5.74) is 2.07. The Morgan fingerprint density at radius 2 is 2.07 bits per heavy atom. The summed E-state index contributed by atoms with van der Waals surface area (Å²) in [6, 6.07) is 11.5. The molecule has 1 aromatic heterocycles. The van der Waals surface area contributed by atoms with E-state index in [0.717, 1.165) is 23.2 Å². The lowest BCUT2D eigenvalue weighted by Crippen LogP contribution is -2.42. The third kappa shape index (κ3) is 2.56. The quantitative estimate of drug-likeness (QED) is 0.883. The monoisotopic (exact) mass is 375 g/mol. The van der Waals surface area contributed by atoms with Gasteiger partial charge >= 0.3 is 0 Å². The molecule has 5 nitrogen and oxygen atoms in total. The highest BCUT2D eigenvalue weighted by molar-refractivity contribution is 6.07. The zero-order valence-corrected chi connectivity index (χ0v) is 15.9. The summed E-state index contributed by atoms with van der Waals surface area (Å²) in [5.74, 6) is 0.861. The van der Waals surface area contributed by atoms with Crippen LogP contribution in [-0.4, -0.2) is 28.2 Å². The summed E-state index contributed by atoms with van der Waals surface area (Å²) < 4.78 is 0. The zero-order valence-electron chi connectivity index (χ0n) is 15.9. The summed E-state index contributed by atoms with van der Waals surface area (Å²) >= 11 is 0. The number of nitrogens with zero attached hydrogens (tertiary/aromatic N) is 2. The minimum absolute atomic E-state index is 0.00292. The van der Waals surface area contributed by atoms with Crippen molar-refractivity contribution in [2.45, 2.75) is 50.0 Å². The van der Waals surface area contributed by atoms with Crippen LogP contribution in [0.4, 0.5) is 5.69 Å². The van der Waals surface area contributed by atoms with Gasteiger partial charge in [0.05, 0.1) is 6.04 Å². The van der Waals surface area contributed by atoms with Gasteiger partial charge in [-0.05, 0) is 42.0 Å². The van der Waals surface area contributed by atoms with Crippen molar-refractivity contribution in [2.75, 3.05) is 11.9 Å². The zero-order chi connectivity index (χ0) is 19.1. The number of nitrogens with one attached hydrogen (secondary N) is 1. The van der Waals surface area contributed by atoms with Crippen LogP contribution in [0.5, 0.6) is 0 Å². The van der Waals surface area contributed by atoms with E-state index in [0.29, 0.717) is 25.3 Å². The standard InChI is InChI=1S/C23H25N3O2/c27-20(11-10-16-5-3-6-16)26-14-12-23(21(26)17-7-4-13-24-15-17)18-8-1-2-9-19(18)25-22(23)28/h1-2,4,7-9,13,15-16,21H,3,5-6,10-12,14H2,(H,25,28). The largest absolute Gasteiger partial charge is 0.334 e. The number of fused-ring (bicyclic) bond motifs is 2. The van der Waals surface area contributed by atoms with E-state index in [9.17, 15) is 9.59 Å². The number of anilines is 1. The Labute approximate surface area is 165 Å². The molecule has 0 bridgehead atoms. The molecule has 2 aromatic rings. The molecule has 2 fully saturated rings. The van der Waals surface area contributed by atoms with Gasteiger partial charge in [0, 0.05) is 31.0 Å². The van der Waals surface area contributed by atoms with Gasteiger partial charge in [-0.3, -0.25) is 14.6 Å². The molecule has 3 aliphatic rings. The number of benzene rings is 1. The van der Waals surface area contributed by atoms with Crippen LogP contribution in [0.1, 0.15) is 55.7 Å². The van der Waals surface area contributed by atoms with Crippen molar-refractivity contribution in [3.63, 3.8) is 0 Å². The van der Waals surface area contributed by atoms with Crippen LogP contribution < -0.4 is 5.32 Å². The number of hydrogen-bond acceptors (Lipinski definition) is 3. The molecule has 2 unspecified atom stereocenters. The number of carbonyl (C=O) groups is 2. The van der Waals surface area contributed by atoms with Gasteiger partial charge in [0.1, 0.15) is 5.41 Å². The Morgan fingerprint density at radius 1 is 1.21 bits per heavy atom. The van der Waals surface area contributed by atoms with Crippen LogP contribution in [0.3, 0.4) is 0 Å². The first-order valence-corrected chi connectivity index (χ1v) is 10.3. The molecule has 2 amide bonds. The van der Waals surface area contributed by atoms with E-state index in [1.54, 1.807) is 12.4 Å². The van der Waals surface area contributed by atoms with E-state index in [1.807, 2.05) is 41.3 Å². The van der Waals surface area contributed by atoms with Crippen molar-refractivity contribution >= 4 is 17.5 Å². The van der Waals surface area contributed by atoms with Crippen molar-refractivity contribution in [1.82, 2.24) is 9.88 Å². The molecule has 28 heavy (non-hydrogen) atoms. The average molecular weight is 375 g/mol. The predicted molar refractivity (Wildman–Crippen MR) is 107 cm³/mol. The van der Waals surface area contributed by atoms with E-state index in [1.165, 1.54) is 19.3 Å². The maximum atomic E-state index is 13.3. The number of carbonyl (C=O) groups excluding carboxylic acids is 2. The fourth-order valence-electron chi connectivity index (χ4n) is 5.21. The predicted octanol–water partition coefficient (Wildman–Crippen LogP) is 3.83. The van der Waals surface area contributed by atoms with Crippen LogP contribution in [0, 0.1) is 5.92 Å². The van der Waals surface area contributed by atoms with Crippen molar-refractivity contribution in [3.8, 4) is 0 Å². The van der Waals surface area contributed by atoms with Crippen LogP contribution in [-0.2, 0) is 15.0 Å². The Bertz CT molecular complexity index is 909. The molecule has 1 N–H and O–H groups in total. The molecule has 1 aromatic carbocycles. The molecule has 2 aliphatic heterocycles. The topological polar surface area (TPSA) is 62.3 Å². The molecule has 5 rings (SSSR count). The number of hydrogen-bond donors (Lipinski definition) is 1. The second-order valence-electron chi connectivity index (χ2n) is 8.33. The van der Waals surface area contributed by atoms with Gasteiger partial charge in [0.15, 0.2) is 0 Å². The lowest BCUT2D eigenvalue weighted by molar-refractivity contribution is -0.134. The number of rotatable bonds is 4. The summed E-state index contributed by atoms with van der Waals surface area (Å²) in [6.07, 6.45) is 9.50. The highest BCUT2D eigenvalue weighted by Crippen LogP contribution is 2.54. The first kappa shape index (κ1) is 17.4. The molecule has 3 heterocycles. The second kappa shape index (κ2) is 6.73. The van der Waals surface area contributed by atoms with Crippen molar-refractivity contribution in [2.24, 2.45) is 5.92 Å². The molecule has 5 heteroatoms. The van der Waals surface area contributed by atoms with Gasteiger partial charge in [-0.2, -0.15) is 0 Å². The number of amides is 2. The number of pyridine rings is 1. The molecular weight excluding hydrogens is 350 g/mol. The van der Waals surface area contributed by atoms with Crippen molar-refractivity contribution < 1.29 is 9.59 Å². The normalized spacial score (nSPS) is 26.2. The third-order valence-corrected chi connectivity index (χ3v) is 6.90. The lowest BCUT2D eigenvalue weighted by Gasteiger charge is -2.34. The fraction of sp³-hybridized carbons (Fsp3) is 0.435. The highest BCUT2D eigenvalue weighted by Gasteiger charge is 2.59. The Morgan fingerprint density at radius 3 is 2.82 bits per heavy atom. The number of aromatic nitrogens is 1. The Kier molecular flexibility index (Phi) is 4.18. The first-order chi connectivity index (χ1) is 13.7. The van der Waals surface area contributed by atoms with Crippen molar-refractivity contribution in [1.29, 1.82) is 0 Å². The molecule has 144 valence electrons. The minimum atomic E-state index is -0.730. The van der Waals surface area contributed by atoms with E-state index in [4.69, 9.17) is 0 Å². The van der Waals surface area contributed by atoms with E-state index in [2.05, 4.69) is 10.3 Å². The molecular formula is C23H25N3O2. The van der Waals surface area contributed by atoms with Crippen LogP contribution >= 0.6 is 0 Å². The van der Waals surface area contributed by atoms with E-state index < -0.39 is 5.41 Å². The third-order valence-electron chi connectivity index (χ3n) is 6.90. The molecule has 2 atom stereocenters. The SMILES string of the molecule is O=C(CCC1CCC1)N1CCC2(C(=O)Nc3ccccc32)C1c1cccnc1. The van der Waals surface area contributed by atoms with E-state index in [-0.39, 0.29) is 17.9 Å². The minimum Gasteiger partial charge on any atom is -0.334 e. The summed E-state index contributed by atoms with van der Waals surface area (Å²) in [4.78, 5) is 32.7. The highest BCUT2D eigenvalue weighted by atomic mass is 16.2. The fourth-order valence-corrected chi connectivity index (χ4v) is 5.21. The molecule has 1 spiro atoms. The summed E-state index contributed by atoms with van der Waals surface area (Å²) in [6.45, 7) is 0.602. The summed E-state index contributed by atoms with van der Waals surface area (Å²) in [7, 11) is 0. The molecule has 1 aliphatic carbocycles. The Hall–Kier alpha value is -2.69. The van der Waals surface area contributed by atoms with Gasteiger partial charge in [0.2, 0.25) is 11.8 Å². The van der Waals surface area contributed by atoms with Gasteiger partial charge in [0.25, 0.3) is 0 Å². The van der Waals surface area contributed by atoms with Gasteiger partial charge in [-0.25, -0.2) is 0 Å². The van der Waals surface area contributed by atoms with Gasteiger partial charge in [-0.1, -0.05) is 43.5 Å². The Balaban J connectivity index is 1.53. The van der Waals surface area contributed by atoms with Crippen LogP contribution in [0.15, 0.2) is 48.8 Å². The summed E-state index contributed by atoms with van der Waals surface area (Å²) in [5, 5.41) is 3.06. The second-order valence-corrected chi connectivity index (χ2v) is 8.33. The van der Waals surface area contributed by atoms with Crippen molar-refractivity contribution in [3.05, 3.63) is 59.9 Å². The van der Waals surface area contributed by atoms with Crippen LogP contribution in [0.2, 0.25) is 0 Å². The first-order valence-electron chi connectivity index (χ1n) is 10.3. The molecule has 1 saturated heterocycles. The number of likely N-dealkylation sites (tertiary alicyclic amines) is 1. The van der Waals surface area contributed by atoms with Gasteiger partial charge < -0.3 is 10.2 Å². The van der Waals surface area contributed by atoms with Crippen LogP contribution in [0.25, 0.3) is 0 Å². The maximum Gasteiger partial charge on any atom is 0.237 e. The maximum absolute atomic E-state index is 13.3.